The average molecular weight is 450 g/mol. The number of piperazine rings is 1. The molecule has 2 aliphatic heterocycles. The van der Waals surface area contributed by atoms with Crippen LogP contribution in [0, 0.1) is 0 Å². The number of methoxy groups -OCH3 is 3. The van der Waals surface area contributed by atoms with E-state index in [1.54, 1.807) is 16.9 Å². The van der Waals surface area contributed by atoms with Gasteiger partial charge in [-0.15, -0.1) is 0 Å². The number of rotatable bonds is 6. The van der Waals surface area contributed by atoms with Crippen LogP contribution in [-0.4, -0.2) is 73.3 Å². The molecule has 0 aliphatic carbocycles. The van der Waals surface area contributed by atoms with Gasteiger partial charge in [0.15, 0.2) is 6.29 Å². The van der Waals surface area contributed by atoms with E-state index in [9.17, 15) is 9.59 Å². The van der Waals surface area contributed by atoms with Crippen molar-refractivity contribution in [1.82, 2.24) is 14.8 Å². The summed E-state index contributed by atoms with van der Waals surface area (Å²) < 4.78 is 16.2. The van der Waals surface area contributed by atoms with Gasteiger partial charge in [0.25, 0.3) is 0 Å². The fraction of sp³-hybridized carbons (Fsp3) is 0.360. The number of carbonyl (C=O) groups is 2. The first-order valence-electron chi connectivity index (χ1n) is 10.9. The van der Waals surface area contributed by atoms with Crippen LogP contribution in [0.4, 0.5) is 0 Å². The molecule has 5 rings (SSSR count). The average Bonchev–Trinajstić information content (AvgIpc) is 3.22. The molecule has 1 aromatic heterocycles. The maximum atomic E-state index is 13.7. The molecule has 33 heavy (non-hydrogen) atoms. The van der Waals surface area contributed by atoms with E-state index in [-0.39, 0.29) is 24.9 Å². The van der Waals surface area contributed by atoms with Crippen molar-refractivity contribution in [2.24, 2.45) is 0 Å². The molecule has 2 unspecified atom stereocenters. The Balaban J connectivity index is 1.65. The summed E-state index contributed by atoms with van der Waals surface area (Å²) in [5.74, 6) is 0.449. The van der Waals surface area contributed by atoms with Crippen molar-refractivity contribution in [1.29, 1.82) is 0 Å². The van der Waals surface area contributed by atoms with Crippen molar-refractivity contribution in [2.45, 2.75) is 24.8 Å². The van der Waals surface area contributed by atoms with Crippen molar-refractivity contribution in [3.05, 3.63) is 65.4 Å². The van der Waals surface area contributed by atoms with Crippen LogP contribution in [0.15, 0.2) is 48.5 Å². The third kappa shape index (κ3) is 3.46. The number of amides is 2. The minimum absolute atomic E-state index is 0.0280. The Hall–Kier alpha value is -3.36. The van der Waals surface area contributed by atoms with Crippen molar-refractivity contribution in [3.8, 4) is 5.75 Å². The van der Waals surface area contributed by atoms with Gasteiger partial charge in [-0.2, -0.15) is 0 Å². The number of aromatic amines is 1. The van der Waals surface area contributed by atoms with Gasteiger partial charge in [0.2, 0.25) is 11.8 Å². The van der Waals surface area contributed by atoms with E-state index < -0.39 is 18.4 Å². The predicted molar refractivity (Wildman–Crippen MR) is 122 cm³/mol. The van der Waals surface area contributed by atoms with Crippen LogP contribution in [-0.2, 0) is 25.5 Å². The predicted octanol–water partition coefficient (Wildman–Crippen LogP) is 2.48. The van der Waals surface area contributed by atoms with E-state index in [0.29, 0.717) is 12.2 Å². The third-order valence-electron chi connectivity index (χ3n) is 6.67. The fourth-order valence-corrected chi connectivity index (χ4v) is 5.12. The lowest BCUT2D eigenvalue weighted by Crippen LogP contribution is -2.64. The SMILES string of the molecule is COc1ccccc1C1c2[nH]c3ccccc3c2CC2C(=O)N(CC(OC)OC)CC(=O)N21. The summed E-state index contributed by atoms with van der Waals surface area (Å²) in [6, 6.07) is 14.6. The van der Waals surface area contributed by atoms with Crippen molar-refractivity contribution in [3.63, 3.8) is 0 Å². The maximum Gasteiger partial charge on any atom is 0.246 e. The Labute approximate surface area is 192 Å². The Morgan fingerprint density at radius 1 is 1.03 bits per heavy atom. The smallest absolute Gasteiger partial charge is 0.246 e. The molecule has 1 saturated heterocycles. The molecule has 3 aromatic rings. The van der Waals surface area contributed by atoms with E-state index >= 15 is 0 Å². The largest absolute Gasteiger partial charge is 0.496 e. The van der Waals surface area contributed by atoms with Crippen LogP contribution in [0.3, 0.4) is 0 Å². The zero-order valence-corrected chi connectivity index (χ0v) is 18.9. The highest BCUT2D eigenvalue weighted by Gasteiger charge is 2.49. The first kappa shape index (κ1) is 21.5. The molecule has 8 nitrogen and oxygen atoms in total. The summed E-state index contributed by atoms with van der Waals surface area (Å²) >= 11 is 0. The van der Waals surface area contributed by atoms with E-state index in [0.717, 1.165) is 27.7 Å². The van der Waals surface area contributed by atoms with Crippen LogP contribution < -0.4 is 4.74 Å². The van der Waals surface area contributed by atoms with Crippen molar-refractivity contribution < 1.29 is 23.8 Å². The molecule has 8 heteroatoms. The molecule has 0 radical (unpaired) electrons. The number of aromatic nitrogens is 1. The number of nitrogens with zero attached hydrogens (tertiary/aromatic N) is 2. The second-order valence-electron chi connectivity index (χ2n) is 8.35. The minimum atomic E-state index is -0.623. The summed E-state index contributed by atoms with van der Waals surface area (Å²) in [6.07, 6.45) is -0.151. The van der Waals surface area contributed by atoms with E-state index in [4.69, 9.17) is 14.2 Å². The van der Waals surface area contributed by atoms with E-state index in [2.05, 4.69) is 11.1 Å². The molecule has 3 heterocycles. The Morgan fingerprint density at radius 3 is 2.52 bits per heavy atom. The maximum absolute atomic E-state index is 13.7. The van der Waals surface area contributed by atoms with E-state index in [1.165, 1.54) is 14.2 Å². The summed E-state index contributed by atoms with van der Waals surface area (Å²) in [6.45, 7) is 0.168. The fourth-order valence-electron chi connectivity index (χ4n) is 5.12. The Morgan fingerprint density at radius 2 is 1.76 bits per heavy atom. The van der Waals surface area contributed by atoms with E-state index in [1.807, 2.05) is 42.5 Å². The summed E-state index contributed by atoms with van der Waals surface area (Å²) in [4.78, 5) is 34.0. The van der Waals surface area contributed by atoms with Gasteiger partial charge in [-0.3, -0.25) is 9.59 Å². The highest BCUT2D eigenvalue weighted by Crippen LogP contribution is 2.44. The normalized spacial score (nSPS) is 20.4. The summed E-state index contributed by atoms with van der Waals surface area (Å²) in [7, 11) is 4.66. The molecule has 2 atom stereocenters. The summed E-state index contributed by atoms with van der Waals surface area (Å²) in [5, 5.41) is 1.07. The Bertz CT molecular complexity index is 1200. The number of ether oxygens (including phenoxy) is 3. The van der Waals surface area contributed by atoms with Gasteiger partial charge in [-0.25, -0.2) is 0 Å². The van der Waals surface area contributed by atoms with Gasteiger partial charge in [-0.05, 0) is 17.7 Å². The zero-order valence-electron chi connectivity index (χ0n) is 18.9. The molecular weight excluding hydrogens is 422 g/mol. The number of hydrogen-bond acceptors (Lipinski definition) is 5. The number of H-pyrrole nitrogens is 1. The molecule has 1 N–H and O–H groups in total. The molecule has 0 saturated carbocycles. The topological polar surface area (TPSA) is 84.1 Å². The van der Waals surface area contributed by atoms with Gasteiger partial charge in [-0.1, -0.05) is 36.4 Å². The molecule has 2 amide bonds. The molecule has 1 fully saturated rings. The van der Waals surface area contributed by atoms with Gasteiger partial charge in [0, 0.05) is 42.8 Å². The van der Waals surface area contributed by atoms with Gasteiger partial charge >= 0.3 is 0 Å². The van der Waals surface area contributed by atoms with Crippen LogP contribution in [0.25, 0.3) is 10.9 Å². The van der Waals surface area contributed by atoms with Gasteiger partial charge < -0.3 is 29.0 Å². The Kier molecular flexibility index (Phi) is 5.55. The number of fused-ring (bicyclic) bond motifs is 4. The lowest BCUT2D eigenvalue weighted by molar-refractivity contribution is -0.167. The molecule has 2 aromatic carbocycles. The number of benzene rings is 2. The van der Waals surface area contributed by atoms with Gasteiger partial charge in [0.1, 0.15) is 24.4 Å². The highest BCUT2D eigenvalue weighted by molar-refractivity contribution is 5.97. The first-order chi connectivity index (χ1) is 16.1. The number of carbonyl (C=O) groups excluding carboxylic acids is 2. The highest BCUT2D eigenvalue weighted by atomic mass is 16.7. The molecule has 172 valence electrons. The standard InChI is InChI=1S/C25H27N3O5/c1-31-20-11-7-5-9-16(20)24-23-17(15-8-4-6-10-18(15)26-23)12-19-25(30)27(13-21(29)28(19)24)14-22(32-2)33-3/h4-11,19,22,24,26H,12-14H2,1-3H3. The quantitative estimate of drug-likeness (QED) is 0.585. The van der Waals surface area contributed by atoms with Crippen LogP contribution in [0.1, 0.15) is 22.9 Å². The van der Waals surface area contributed by atoms with Gasteiger partial charge in [0.05, 0.1) is 13.7 Å². The number of para-hydroxylation sites is 2. The van der Waals surface area contributed by atoms with Crippen LogP contribution >= 0.6 is 0 Å². The first-order valence-corrected chi connectivity index (χ1v) is 10.9. The lowest BCUT2D eigenvalue weighted by Gasteiger charge is -2.47. The monoisotopic (exact) mass is 449 g/mol. The van der Waals surface area contributed by atoms with Crippen molar-refractivity contribution in [2.75, 3.05) is 34.4 Å². The second-order valence-corrected chi connectivity index (χ2v) is 8.35. The van der Waals surface area contributed by atoms with Crippen LogP contribution in [0.5, 0.6) is 5.75 Å². The van der Waals surface area contributed by atoms with Crippen LogP contribution in [0.2, 0.25) is 0 Å². The molecule has 0 bridgehead atoms. The molecular formula is C25H27N3O5. The number of hydrogen-bond donors (Lipinski definition) is 1. The molecule has 0 spiro atoms. The minimum Gasteiger partial charge on any atom is -0.496 e. The number of nitrogens with one attached hydrogen (secondary N) is 1. The zero-order chi connectivity index (χ0) is 23.1. The lowest BCUT2D eigenvalue weighted by atomic mass is 9.86. The third-order valence-corrected chi connectivity index (χ3v) is 6.67. The van der Waals surface area contributed by atoms with Crippen molar-refractivity contribution >= 4 is 22.7 Å². The second kappa shape index (κ2) is 8.53. The summed E-state index contributed by atoms with van der Waals surface area (Å²) in [5.41, 5.74) is 3.82. The molecule has 2 aliphatic rings.